The average molecular weight is 286 g/mol. The minimum absolute atomic E-state index is 0.685. The molecule has 1 N–H and O–H groups in total. The SMILES string of the molecule is COc1cc2[nH]cc(CSCCCl)c2cc1OC. The molecule has 1 aromatic carbocycles. The lowest BCUT2D eigenvalue weighted by Crippen LogP contribution is -1.90. The lowest BCUT2D eigenvalue weighted by molar-refractivity contribution is 0.356. The van der Waals surface area contributed by atoms with Crippen LogP contribution < -0.4 is 9.47 Å². The third kappa shape index (κ3) is 2.70. The van der Waals surface area contributed by atoms with Crippen LogP contribution in [0.25, 0.3) is 10.9 Å². The first-order chi connectivity index (χ1) is 8.80. The summed E-state index contributed by atoms with van der Waals surface area (Å²) in [7, 11) is 3.29. The lowest BCUT2D eigenvalue weighted by Gasteiger charge is -2.08. The summed E-state index contributed by atoms with van der Waals surface area (Å²) in [6, 6.07) is 3.98. The predicted octanol–water partition coefficient (Wildman–Crippen LogP) is 3.66. The number of hydrogen-bond donors (Lipinski definition) is 1. The zero-order valence-electron chi connectivity index (χ0n) is 10.5. The Kier molecular flexibility index (Phi) is 4.66. The number of ether oxygens (including phenoxy) is 2. The Hall–Kier alpha value is -1.00. The Morgan fingerprint density at radius 1 is 1.22 bits per heavy atom. The van der Waals surface area contributed by atoms with E-state index in [-0.39, 0.29) is 0 Å². The quantitative estimate of drug-likeness (QED) is 0.650. The lowest BCUT2D eigenvalue weighted by atomic mass is 10.2. The minimum atomic E-state index is 0.685. The van der Waals surface area contributed by atoms with E-state index in [1.807, 2.05) is 30.1 Å². The van der Waals surface area contributed by atoms with E-state index in [2.05, 4.69) is 4.98 Å². The number of H-pyrrole nitrogens is 1. The first-order valence-corrected chi connectivity index (χ1v) is 7.34. The van der Waals surface area contributed by atoms with Crippen LogP contribution in [0.2, 0.25) is 0 Å². The number of halogens is 1. The molecule has 5 heteroatoms. The number of nitrogens with one attached hydrogen (secondary N) is 1. The Morgan fingerprint density at radius 2 is 1.94 bits per heavy atom. The number of methoxy groups -OCH3 is 2. The molecule has 98 valence electrons. The summed E-state index contributed by atoms with van der Waals surface area (Å²) in [5.41, 5.74) is 2.33. The van der Waals surface area contributed by atoms with Gasteiger partial charge in [-0.3, -0.25) is 0 Å². The number of fused-ring (bicyclic) bond motifs is 1. The number of rotatable bonds is 6. The third-order valence-electron chi connectivity index (χ3n) is 2.75. The first kappa shape index (κ1) is 13.4. The van der Waals surface area contributed by atoms with E-state index in [1.54, 1.807) is 14.2 Å². The molecule has 0 unspecified atom stereocenters. The average Bonchev–Trinajstić information content (AvgIpc) is 2.80. The monoisotopic (exact) mass is 285 g/mol. The number of aromatic amines is 1. The highest BCUT2D eigenvalue weighted by Gasteiger charge is 2.10. The summed E-state index contributed by atoms with van der Waals surface area (Å²) in [5, 5.41) is 1.18. The molecule has 0 amide bonds. The smallest absolute Gasteiger partial charge is 0.162 e. The van der Waals surface area contributed by atoms with Crippen LogP contribution in [0.5, 0.6) is 11.5 Å². The second-order valence-electron chi connectivity index (χ2n) is 3.81. The summed E-state index contributed by atoms with van der Waals surface area (Å²) in [6.07, 6.45) is 2.03. The van der Waals surface area contributed by atoms with Gasteiger partial charge in [0.1, 0.15) is 0 Å². The van der Waals surface area contributed by atoms with Gasteiger partial charge < -0.3 is 14.5 Å². The first-order valence-electron chi connectivity index (χ1n) is 5.65. The molecule has 0 aliphatic heterocycles. The molecule has 0 aliphatic carbocycles. The van der Waals surface area contributed by atoms with Crippen molar-refractivity contribution in [2.45, 2.75) is 5.75 Å². The summed E-state index contributed by atoms with van der Waals surface area (Å²) in [6.45, 7) is 0. The van der Waals surface area contributed by atoms with Crippen molar-refractivity contribution in [3.8, 4) is 11.5 Å². The molecular formula is C13H16ClNO2S. The molecule has 0 aliphatic rings. The molecule has 18 heavy (non-hydrogen) atoms. The fourth-order valence-corrected chi connectivity index (χ4v) is 2.90. The topological polar surface area (TPSA) is 34.2 Å². The standard InChI is InChI=1S/C13H16ClNO2S/c1-16-12-5-10-9(8-18-4-3-14)7-15-11(10)6-13(12)17-2/h5-7,15H,3-4,8H2,1-2H3. The molecule has 2 rings (SSSR count). The molecule has 1 aromatic heterocycles. The van der Waals surface area contributed by atoms with Crippen LogP contribution in [0.3, 0.4) is 0 Å². The predicted molar refractivity (Wildman–Crippen MR) is 78.3 cm³/mol. The van der Waals surface area contributed by atoms with Gasteiger partial charge in [0, 0.05) is 40.6 Å². The van der Waals surface area contributed by atoms with E-state index >= 15 is 0 Å². The molecule has 0 bridgehead atoms. The van der Waals surface area contributed by atoms with Crippen molar-refractivity contribution in [2.24, 2.45) is 0 Å². The van der Waals surface area contributed by atoms with Gasteiger partial charge in [0.05, 0.1) is 14.2 Å². The van der Waals surface area contributed by atoms with Gasteiger partial charge in [-0.15, -0.1) is 11.6 Å². The van der Waals surface area contributed by atoms with Crippen molar-refractivity contribution >= 4 is 34.3 Å². The molecule has 1 heterocycles. The molecule has 0 atom stereocenters. The molecule has 2 aromatic rings. The van der Waals surface area contributed by atoms with Gasteiger partial charge >= 0.3 is 0 Å². The van der Waals surface area contributed by atoms with Crippen LogP contribution in [-0.2, 0) is 5.75 Å². The molecule has 0 spiro atoms. The van der Waals surface area contributed by atoms with Crippen molar-refractivity contribution in [3.63, 3.8) is 0 Å². The summed E-state index contributed by atoms with van der Waals surface area (Å²) in [4.78, 5) is 3.26. The fourth-order valence-electron chi connectivity index (χ4n) is 1.86. The molecule has 0 saturated carbocycles. The van der Waals surface area contributed by atoms with E-state index in [0.717, 1.165) is 28.5 Å². The fraction of sp³-hybridized carbons (Fsp3) is 0.385. The molecule has 0 fully saturated rings. The number of thioether (sulfide) groups is 1. The van der Waals surface area contributed by atoms with Gasteiger partial charge in [-0.25, -0.2) is 0 Å². The van der Waals surface area contributed by atoms with Crippen LogP contribution in [0.15, 0.2) is 18.3 Å². The number of aromatic nitrogens is 1. The highest BCUT2D eigenvalue weighted by molar-refractivity contribution is 7.98. The highest BCUT2D eigenvalue weighted by Crippen LogP contribution is 2.34. The second kappa shape index (κ2) is 6.25. The summed E-state index contributed by atoms with van der Waals surface area (Å²) in [5.74, 6) is 4.09. The second-order valence-corrected chi connectivity index (χ2v) is 5.29. The van der Waals surface area contributed by atoms with E-state index in [4.69, 9.17) is 21.1 Å². The van der Waals surface area contributed by atoms with Crippen LogP contribution in [0.4, 0.5) is 0 Å². The third-order valence-corrected chi connectivity index (χ3v) is 4.17. The maximum Gasteiger partial charge on any atom is 0.162 e. The van der Waals surface area contributed by atoms with E-state index < -0.39 is 0 Å². The Morgan fingerprint density at radius 3 is 2.61 bits per heavy atom. The number of benzene rings is 1. The number of hydrogen-bond acceptors (Lipinski definition) is 3. The zero-order chi connectivity index (χ0) is 13.0. The van der Waals surface area contributed by atoms with Gasteiger partial charge in [0.25, 0.3) is 0 Å². The van der Waals surface area contributed by atoms with E-state index in [9.17, 15) is 0 Å². The van der Waals surface area contributed by atoms with Crippen molar-refractivity contribution in [2.75, 3.05) is 25.9 Å². The van der Waals surface area contributed by atoms with Crippen molar-refractivity contribution in [1.29, 1.82) is 0 Å². The molecule has 3 nitrogen and oxygen atoms in total. The summed E-state index contributed by atoms with van der Waals surface area (Å²) >= 11 is 7.51. The van der Waals surface area contributed by atoms with E-state index in [0.29, 0.717) is 5.88 Å². The Balaban J connectivity index is 2.33. The molecular weight excluding hydrogens is 270 g/mol. The normalized spacial score (nSPS) is 10.8. The summed E-state index contributed by atoms with van der Waals surface area (Å²) < 4.78 is 10.6. The van der Waals surface area contributed by atoms with Crippen molar-refractivity contribution in [3.05, 3.63) is 23.9 Å². The zero-order valence-corrected chi connectivity index (χ0v) is 12.0. The van der Waals surface area contributed by atoms with Crippen LogP contribution in [0, 0.1) is 0 Å². The van der Waals surface area contributed by atoms with Crippen molar-refractivity contribution < 1.29 is 9.47 Å². The molecule has 0 radical (unpaired) electrons. The Bertz CT molecular complexity index is 527. The van der Waals surface area contributed by atoms with Gasteiger partial charge in [-0.05, 0) is 11.6 Å². The van der Waals surface area contributed by atoms with Gasteiger partial charge in [0.15, 0.2) is 11.5 Å². The van der Waals surface area contributed by atoms with E-state index in [1.165, 1.54) is 10.9 Å². The van der Waals surface area contributed by atoms with Crippen molar-refractivity contribution in [1.82, 2.24) is 4.98 Å². The van der Waals surface area contributed by atoms with Crippen LogP contribution in [-0.4, -0.2) is 30.8 Å². The minimum Gasteiger partial charge on any atom is -0.493 e. The van der Waals surface area contributed by atoms with Crippen LogP contribution >= 0.6 is 23.4 Å². The largest absolute Gasteiger partial charge is 0.493 e. The highest BCUT2D eigenvalue weighted by atomic mass is 35.5. The van der Waals surface area contributed by atoms with Gasteiger partial charge in [-0.1, -0.05) is 0 Å². The Labute approximate surface area is 116 Å². The van der Waals surface area contributed by atoms with Gasteiger partial charge in [0.2, 0.25) is 0 Å². The maximum absolute atomic E-state index is 5.68. The number of alkyl halides is 1. The van der Waals surface area contributed by atoms with Gasteiger partial charge in [-0.2, -0.15) is 11.8 Å². The van der Waals surface area contributed by atoms with Crippen LogP contribution in [0.1, 0.15) is 5.56 Å². The maximum atomic E-state index is 5.68. The molecule has 0 saturated heterocycles.